The van der Waals surface area contributed by atoms with E-state index in [9.17, 15) is 4.79 Å². The van der Waals surface area contributed by atoms with Gasteiger partial charge in [0, 0.05) is 6.42 Å². The van der Waals surface area contributed by atoms with Gasteiger partial charge < -0.3 is 14.6 Å². The number of thiophene rings is 1. The van der Waals surface area contributed by atoms with Crippen LogP contribution < -0.4 is 9.47 Å². The number of carbonyl (C=O) groups is 1. The zero-order valence-electron chi connectivity index (χ0n) is 10.2. The average Bonchev–Trinajstić information content (AvgIpc) is 2.88. The average molecular weight is 278 g/mol. The number of carboxylic acid groups (broad SMARTS) is 1. The normalized spacial score (nSPS) is 10.1. The van der Waals surface area contributed by atoms with Crippen LogP contribution in [0.5, 0.6) is 11.5 Å². The van der Waals surface area contributed by atoms with Crippen molar-refractivity contribution < 1.29 is 19.4 Å². The predicted octanol–water partition coefficient (Wildman–Crippen LogP) is 3.29. The van der Waals surface area contributed by atoms with E-state index >= 15 is 0 Å². The van der Waals surface area contributed by atoms with Crippen LogP contribution in [0.25, 0.3) is 0 Å². The van der Waals surface area contributed by atoms with E-state index in [0.717, 1.165) is 17.1 Å². The maximum atomic E-state index is 10.9. The van der Waals surface area contributed by atoms with Gasteiger partial charge in [-0.15, -0.1) is 11.3 Å². The van der Waals surface area contributed by atoms with Crippen molar-refractivity contribution in [3.63, 3.8) is 0 Å². The van der Waals surface area contributed by atoms with Gasteiger partial charge in [0.05, 0.1) is 13.2 Å². The van der Waals surface area contributed by atoms with Gasteiger partial charge in [-0.25, -0.2) is 4.79 Å². The molecule has 0 atom stereocenters. The van der Waals surface area contributed by atoms with Gasteiger partial charge in [0.1, 0.15) is 11.5 Å². The highest BCUT2D eigenvalue weighted by Crippen LogP contribution is 2.24. The molecule has 0 fully saturated rings. The molecule has 0 aliphatic rings. The van der Waals surface area contributed by atoms with Crippen LogP contribution in [-0.2, 0) is 0 Å². The molecule has 4 nitrogen and oxygen atoms in total. The largest absolute Gasteiger partial charge is 0.493 e. The molecule has 5 heteroatoms. The number of aromatic carboxylic acids is 1. The maximum absolute atomic E-state index is 10.9. The molecular formula is C14H14O4S. The standard InChI is InChI=1S/C14H14O4S/c15-14(16)13-12(7-10-19-13)18-9-4-8-17-11-5-2-1-3-6-11/h1-3,5-7,10H,4,8-9H2,(H,15,16). The Morgan fingerprint density at radius 1 is 1.11 bits per heavy atom. The monoisotopic (exact) mass is 278 g/mol. The first-order valence-electron chi connectivity index (χ1n) is 5.89. The fourth-order valence-corrected chi connectivity index (χ4v) is 2.19. The SMILES string of the molecule is O=C(O)c1sccc1OCCCOc1ccccc1. The Kier molecular flexibility index (Phi) is 4.80. The summed E-state index contributed by atoms with van der Waals surface area (Å²) in [6.07, 6.45) is 0.698. The second-order valence-electron chi connectivity index (χ2n) is 3.78. The van der Waals surface area contributed by atoms with Crippen molar-refractivity contribution in [1.82, 2.24) is 0 Å². The molecule has 0 saturated heterocycles. The summed E-state index contributed by atoms with van der Waals surface area (Å²) >= 11 is 1.16. The van der Waals surface area contributed by atoms with E-state index in [1.54, 1.807) is 11.4 Å². The summed E-state index contributed by atoms with van der Waals surface area (Å²) in [5, 5.41) is 10.6. The highest BCUT2D eigenvalue weighted by Gasteiger charge is 2.12. The molecule has 1 N–H and O–H groups in total. The van der Waals surface area contributed by atoms with Crippen molar-refractivity contribution in [2.75, 3.05) is 13.2 Å². The topological polar surface area (TPSA) is 55.8 Å². The molecule has 0 amide bonds. The van der Waals surface area contributed by atoms with Crippen molar-refractivity contribution in [2.45, 2.75) is 6.42 Å². The lowest BCUT2D eigenvalue weighted by molar-refractivity contribution is 0.0698. The quantitative estimate of drug-likeness (QED) is 0.790. The molecule has 19 heavy (non-hydrogen) atoms. The van der Waals surface area contributed by atoms with Crippen LogP contribution in [0.2, 0.25) is 0 Å². The highest BCUT2D eigenvalue weighted by atomic mass is 32.1. The minimum Gasteiger partial charge on any atom is -0.493 e. The summed E-state index contributed by atoms with van der Waals surface area (Å²) in [5.74, 6) is 0.298. The summed E-state index contributed by atoms with van der Waals surface area (Å²) in [5.41, 5.74) is 0. The first kappa shape index (κ1) is 13.4. The molecular weight excluding hydrogens is 264 g/mol. The lowest BCUT2D eigenvalue weighted by atomic mass is 10.3. The first-order chi connectivity index (χ1) is 9.27. The van der Waals surface area contributed by atoms with Gasteiger partial charge in [-0.2, -0.15) is 0 Å². The minimum absolute atomic E-state index is 0.240. The highest BCUT2D eigenvalue weighted by molar-refractivity contribution is 7.12. The van der Waals surface area contributed by atoms with Crippen LogP contribution in [0.1, 0.15) is 16.1 Å². The molecule has 0 unspecified atom stereocenters. The lowest BCUT2D eigenvalue weighted by Gasteiger charge is -2.07. The van der Waals surface area contributed by atoms with Gasteiger partial charge in [-0.1, -0.05) is 18.2 Å². The zero-order valence-corrected chi connectivity index (χ0v) is 11.1. The van der Waals surface area contributed by atoms with E-state index in [1.165, 1.54) is 0 Å². The van der Waals surface area contributed by atoms with Gasteiger partial charge in [0.25, 0.3) is 0 Å². The van der Waals surface area contributed by atoms with Crippen LogP contribution in [0.15, 0.2) is 41.8 Å². The number of hydrogen-bond donors (Lipinski definition) is 1. The number of ether oxygens (including phenoxy) is 2. The van der Waals surface area contributed by atoms with E-state index in [2.05, 4.69) is 0 Å². The van der Waals surface area contributed by atoms with Gasteiger partial charge >= 0.3 is 5.97 Å². The third kappa shape index (κ3) is 3.99. The van der Waals surface area contributed by atoms with Crippen molar-refractivity contribution in [1.29, 1.82) is 0 Å². The molecule has 0 saturated carbocycles. The predicted molar refractivity (Wildman–Crippen MR) is 73.3 cm³/mol. The fourth-order valence-electron chi connectivity index (χ4n) is 1.51. The molecule has 0 radical (unpaired) electrons. The third-order valence-corrected chi connectivity index (χ3v) is 3.27. The Hall–Kier alpha value is -2.01. The number of benzene rings is 1. The van der Waals surface area contributed by atoms with Crippen molar-refractivity contribution in [2.24, 2.45) is 0 Å². The summed E-state index contributed by atoms with van der Waals surface area (Å²) in [7, 11) is 0. The fraction of sp³-hybridized carbons (Fsp3) is 0.214. The van der Waals surface area contributed by atoms with Gasteiger partial charge in [-0.3, -0.25) is 0 Å². The van der Waals surface area contributed by atoms with Gasteiger partial charge in [-0.05, 0) is 23.6 Å². The molecule has 2 rings (SSSR count). The van der Waals surface area contributed by atoms with Gasteiger partial charge in [0.15, 0.2) is 4.88 Å². The van der Waals surface area contributed by atoms with E-state index in [4.69, 9.17) is 14.6 Å². The van der Waals surface area contributed by atoms with Crippen LogP contribution in [0.3, 0.4) is 0 Å². The minimum atomic E-state index is -0.953. The van der Waals surface area contributed by atoms with Crippen molar-refractivity contribution >= 4 is 17.3 Å². The Balaban J connectivity index is 1.70. The Morgan fingerprint density at radius 3 is 2.58 bits per heavy atom. The van der Waals surface area contributed by atoms with E-state index in [0.29, 0.717) is 25.4 Å². The number of carboxylic acids is 1. The Morgan fingerprint density at radius 2 is 1.84 bits per heavy atom. The van der Waals surface area contributed by atoms with Crippen LogP contribution in [0, 0.1) is 0 Å². The lowest BCUT2D eigenvalue weighted by Crippen LogP contribution is -2.06. The molecule has 0 spiro atoms. The van der Waals surface area contributed by atoms with E-state index < -0.39 is 5.97 Å². The molecule has 2 aromatic rings. The number of rotatable bonds is 7. The Labute approximate surface area is 115 Å². The third-order valence-electron chi connectivity index (χ3n) is 2.38. The second-order valence-corrected chi connectivity index (χ2v) is 4.70. The second kappa shape index (κ2) is 6.80. The molecule has 0 aliphatic heterocycles. The first-order valence-corrected chi connectivity index (χ1v) is 6.77. The Bertz CT molecular complexity index is 521. The van der Waals surface area contributed by atoms with Crippen molar-refractivity contribution in [3.05, 3.63) is 46.7 Å². The molecule has 1 heterocycles. The van der Waals surface area contributed by atoms with Crippen LogP contribution in [0.4, 0.5) is 0 Å². The smallest absolute Gasteiger partial charge is 0.349 e. The number of para-hydroxylation sites is 1. The molecule has 1 aromatic heterocycles. The van der Waals surface area contributed by atoms with E-state index in [-0.39, 0.29) is 4.88 Å². The summed E-state index contributed by atoms with van der Waals surface area (Å²) in [6, 6.07) is 11.2. The van der Waals surface area contributed by atoms with Crippen molar-refractivity contribution in [3.8, 4) is 11.5 Å². The van der Waals surface area contributed by atoms with Gasteiger partial charge in [0.2, 0.25) is 0 Å². The molecule has 0 aliphatic carbocycles. The van der Waals surface area contributed by atoms with Crippen LogP contribution in [-0.4, -0.2) is 24.3 Å². The van der Waals surface area contributed by atoms with Crippen LogP contribution >= 0.6 is 11.3 Å². The molecule has 0 bridgehead atoms. The summed E-state index contributed by atoms with van der Waals surface area (Å²) in [6.45, 7) is 0.973. The summed E-state index contributed by atoms with van der Waals surface area (Å²) in [4.78, 5) is 11.1. The molecule has 1 aromatic carbocycles. The zero-order chi connectivity index (χ0) is 13.5. The van der Waals surface area contributed by atoms with E-state index in [1.807, 2.05) is 30.3 Å². The molecule has 100 valence electrons. The summed E-state index contributed by atoms with van der Waals surface area (Å²) < 4.78 is 10.9. The number of hydrogen-bond acceptors (Lipinski definition) is 4. The maximum Gasteiger partial charge on any atom is 0.349 e.